The lowest BCUT2D eigenvalue weighted by molar-refractivity contribution is -0.159. The number of anilines is 1. The highest BCUT2D eigenvalue weighted by Crippen LogP contribution is 2.31. The quantitative estimate of drug-likeness (QED) is 0.468. The van der Waals surface area contributed by atoms with Crippen LogP contribution in [0, 0.1) is 0 Å². The molecule has 7 nitrogen and oxygen atoms in total. The molecule has 9 heteroatoms. The van der Waals surface area contributed by atoms with Crippen LogP contribution in [0.15, 0.2) is 35.8 Å². The number of benzene rings is 2. The summed E-state index contributed by atoms with van der Waals surface area (Å²) in [7, 11) is 0. The average Bonchev–Trinajstić information content (AvgIpc) is 3.03. The van der Waals surface area contributed by atoms with Crippen LogP contribution in [-0.2, 0) is 29.0 Å². The molecule has 0 unspecified atom stereocenters. The molecule has 0 amide bonds. The number of hydrogen-bond donors (Lipinski definition) is 4. The number of hydrogen-bond acceptors (Lipinski definition) is 6. The molecule has 1 aromatic heterocycles. The van der Waals surface area contributed by atoms with E-state index in [1.807, 2.05) is 11.6 Å². The summed E-state index contributed by atoms with van der Waals surface area (Å²) in [6.45, 7) is 2.82. The van der Waals surface area contributed by atoms with Crippen molar-refractivity contribution >= 4 is 50.8 Å². The fraction of sp³-hybridized carbons (Fsp3) is 0.250. The number of carbonyl (C=O) groups is 2. The van der Waals surface area contributed by atoms with E-state index in [2.05, 4.69) is 39.9 Å². The highest BCUT2D eigenvalue weighted by Gasteiger charge is 2.14. The summed E-state index contributed by atoms with van der Waals surface area (Å²) in [4.78, 5) is 22.5. The van der Waals surface area contributed by atoms with Gasteiger partial charge in [0.1, 0.15) is 0 Å². The zero-order chi connectivity index (χ0) is 20.8. The van der Waals surface area contributed by atoms with Crippen molar-refractivity contribution in [2.24, 2.45) is 0 Å². The van der Waals surface area contributed by atoms with Crippen LogP contribution >= 0.6 is 22.9 Å². The van der Waals surface area contributed by atoms with E-state index in [0.29, 0.717) is 0 Å². The van der Waals surface area contributed by atoms with Crippen LogP contribution in [0.25, 0.3) is 10.2 Å². The fourth-order valence-electron chi connectivity index (χ4n) is 3.13. The van der Waals surface area contributed by atoms with E-state index in [0.717, 1.165) is 48.7 Å². The van der Waals surface area contributed by atoms with Gasteiger partial charge >= 0.3 is 11.9 Å². The molecule has 0 bridgehead atoms. The molecule has 0 saturated carbocycles. The molecule has 2 heterocycles. The van der Waals surface area contributed by atoms with E-state index in [-0.39, 0.29) is 0 Å². The number of rotatable bonds is 3. The van der Waals surface area contributed by atoms with Crippen LogP contribution < -0.4 is 10.6 Å². The van der Waals surface area contributed by atoms with Crippen LogP contribution in [0.5, 0.6) is 0 Å². The standard InChI is InChI=1S/C18H18ClN3S.C2H2O4/c19-15-3-2-13-5-7-20-8-6-14(13)18(15)21-10-12-1-4-16-17(9-12)23-11-22-16;3-1(4)2(5)6/h1-4,9,11,20-21H,5-8,10H2;(H,3,4)(H,5,6). The van der Waals surface area contributed by atoms with Gasteiger partial charge in [-0.3, -0.25) is 0 Å². The Kier molecular flexibility index (Phi) is 7.03. The Bertz CT molecular complexity index is 1030. The second-order valence-electron chi connectivity index (χ2n) is 6.43. The predicted octanol–water partition coefficient (Wildman–Crippen LogP) is 3.41. The van der Waals surface area contributed by atoms with Crippen LogP contribution in [0.2, 0.25) is 5.02 Å². The third kappa shape index (κ3) is 5.44. The number of carboxylic acids is 2. The molecule has 4 N–H and O–H groups in total. The SMILES string of the molecule is Clc1ccc2c(c1NCc1ccc3ncsc3c1)CCNCC2.O=C(O)C(=O)O. The van der Waals surface area contributed by atoms with Gasteiger partial charge in [-0.2, -0.15) is 0 Å². The number of halogens is 1. The van der Waals surface area contributed by atoms with Crippen molar-refractivity contribution < 1.29 is 19.8 Å². The molecular formula is C20H20ClN3O4S. The molecule has 0 fully saturated rings. The summed E-state index contributed by atoms with van der Waals surface area (Å²) in [5, 5.41) is 22.6. The monoisotopic (exact) mass is 433 g/mol. The Hall–Kier alpha value is -2.68. The summed E-state index contributed by atoms with van der Waals surface area (Å²) in [5.74, 6) is -3.65. The number of carboxylic acid groups (broad SMARTS) is 2. The molecular weight excluding hydrogens is 414 g/mol. The molecule has 1 aliphatic heterocycles. The zero-order valence-corrected chi connectivity index (χ0v) is 17.0. The molecule has 3 aromatic rings. The fourth-order valence-corrected chi connectivity index (χ4v) is 4.12. The Labute approximate surface area is 176 Å². The van der Waals surface area contributed by atoms with Gasteiger partial charge in [-0.1, -0.05) is 23.7 Å². The maximum Gasteiger partial charge on any atom is 0.414 e. The highest BCUT2D eigenvalue weighted by molar-refractivity contribution is 7.16. The molecule has 0 spiro atoms. The lowest BCUT2D eigenvalue weighted by Crippen LogP contribution is -2.16. The first kappa shape index (κ1) is 21.0. The van der Waals surface area contributed by atoms with Crippen LogP contribution in [-0.4, -0.2) is 40.2 Å². The van der Waals surface area contributed by atoms with Gasteiger partial charge in [-0.05, 0) is 60.8 Å². The van der Waals surface area contributed by atoms with E-state index in [1.165, 1.54) is 21.4 Å². The van der Waals surface area contributed by atoms with Gasteiger partial charge in [0.25, 0.3) is 0 Å². The molecule has 29 heavy (non-hydrogen) atoms. The lowest BCUT2D eigenvalue weighted by atomic mass is 10.0. The number of nitrogens with zero attached hydrogens (tertiary/aromatic N) is 1. The zero-order valence-electron chi connectivity index (χ0n) is 15.4. The van der Waals surface area contributed by atoms with Crippen LogP contribution in [0.1, 0.15) is 16.7 Å². The smallest absolute Gasteiger partial charge is 0.414 e. The number of thiazole rings is 1. The van der Waals surface area contributed by atoms with Gasteiger partial charge in [0, 0.05) is 6.54 Å². The Balaban J connectivity index is 0.000000353. The van der Waals surface area contributed by atoms with Crippen molar-refractivity contribution in [1.82, 2.24) is 10.3 Å². The Morgan fingerprint density at radius 2 is 1.90 bits per heavy atom. The second kappa shape index (κ2) is 9.69. The molecule has 0 saturated heterocycles. The highest BCUT2D eigenvalue weighted by atomic mass is 35.5. The minimum atomic E-state index is -1.82. The van der Waals surface area contributed by atoms with Gasteiger partial charge < -0.3 is 20.8 Å². The lowest BCUT2D eigenvalue weighted by Gasteiger charge is -2.16. The van der Waals surface area contributed by atoms with Crippen molar-refractivity contribution in [3.8, 4) is 0 Å². The van der Waals surface area contributed by atoms with Gasteiger partial charge in [-0.25, -0.2) is 14.6 Å². The van der Waals surface area contributed by atoms with Crippen molar-refractivity contribution in [2.45, 2.75) is 19.4 Å². The van der Waals surface area contributed by atoms with Gasteiger partial charge in [-0.15, -0.1) is 11.3 Å². The van der Waals surface area contributed by atoms with Crippen molar-refractivity contribution in [3.63, 3.8) is 0 Å². The largest absolute Gasteiger partial charge is 0.473 e. The maximum absolute atomic E-state index is 9.10. The Morgan fingerprint density at radius 1 is 1.14 bits per heavy atom. The molecule has 152 valence electrons. The third-order valence-electron chi connectivity index (χ3n) is 4.53. The molecule has 1 aliphatic rings. The maximum atomic E-state index is 9.10. The first-order chi connectivity index (χ1) is 14.0. The van der Waals surface area contributed by atoms with Gasteiger partial charge in [0.05, 0.1) is 26.4 Å². The Morgan fingerprint density at radius 3 is 2.66 bits per heavy atom. The van der Waals surface area contributed by atoms with Crippen molar-refractivity contribution in [3.05, 3.63) is 57.6 Å². The number of aliphatic carboxylic acids is 2. The van der Waals surface area contributed by atoms with Crippen molar-refractivity contribution in [1.29, 1.82) is 0 Å². The normalized spacial score (nSPS) is 13.0. The summed E-state index contributed by atoms with van der Waals surface area (Å²) < 4.78 is 1.23. The van der Waals surface area contributed by atoms with Gasteiger partial charge in [0.15, 0.2) is 0 Å². The van der Waals surface area contributed by atoms with E-state index < -0.39 is 11.9 Å². The summed E-state index contributed by atoms with van der Waals surface area (Å²) >= 11 is 8.15. The average molecular weight is 434 g/mol. The molecule has 0 aliphatic carbocycles. The second-order valence-corrected chi connectivity index (χ2v) is 7.72. The minimum Gasteiger partial charge on any atom is -0.473 e. The topological polar surface area (TPSA) is 112 Å². The van der Waals surface area contributed by atoms with E-state index in [1.54, 1.807) is 11.3 Å². The summed E-state index contributed by atoms with van der Waals surface area (Å²) in [5.41, 5.74) is 8.07. The molecule has 0 radical (unpaired) electrons. The predicted molar refractivity (Wildman–Crippen MR) is 114 cm³/mol. The first-order valence-electron chi connectivity index (χ1n) is 8.99. The van der Waals surface area contributed by atoms with E-state index >= 15 is 0 Å². The molecule has 2 aromatic carbocycles. The summed E-state index contributed by atoms with van der Waals surface area (Å²) in [6.07, 6.45) is 2.08. The van der Waals surface area contributed by atoms with E-state index in [4.69, 9.17) is 31.4 Å². The minimum absolute atomic E-state index is 0.775. The van der Waals surface area contributed by atoms with E-state index in [9.17, 15) is 0 Å². The number of fused-ring (bicyclic) bond motifs is 2. The number of aromatic nitrogens is 1. The molecule has 0 atom stereocenters. The summed E-state index contributed by atoms with van der Waals surface area (Å²) in [6, 6.07) is 10.6. The van der Waals surface area contributed by atoms with Crippen molar-refractivity contribution in [2.75, 3.05) is 18.4 Å². The van der Waals surface area contributed by atoms with Crippen LogP contribution in [0.3, 0.4) is 0 Å². The molecule has 4 rings (SSSR count). The van der Waals surface area contributed by atoms with Crippen LogP contribution in [0.4, 0.5) is 5.69 Å². The number of nitrogens with one attached hydrogen (secondary N) is 2. The first-order valence-corrected chi connectivity index (χ1v) is 10.2. The van der Waals surface area contributed by atoms with Gasteiger partial charge in [0.2, 0.25) is 0 Å². The third-order valence-corrected chi connectivity index (χ3v) is 5.64.